The summed E-state index contributed by atoms with van der Waals surface area (Å²) in [6.07, 6.45) is 0.355. The number of carboxylic acids is 3. The van der Waals surface area contributed by atoms with Gasteiger partial charge in [-0.05, 0) is 37.7 Å². The van der Waals surface area contributed by atoms with Gasteiger partial charge in [-0.15, -0.1) is 0 Å². The number of carbonyl (C=O) groups excluding carboxylic acids is 3. The number of amides is 3. The van der Waals surface area contributed by atoms with Gasteiger partial charge in [0.25, 0.3) is 0 Å². The highest BCUT2D eigenvalue weighted by atomic mass is 32.2. The Morgan fingerprint density at radius 3 is 1.89 bits per heavy atom. The predicted octanol–water partition coefficient (Wildman–Crippen LogP) is -3.00. The Balaban J connectivity index is 5.51. The van der Waals surface area contributed by atoms with Gasteiger partial charge in [0.2, 0.25) is 17.7 Å². The van der Waals surface area contributed by atoms with Crippen molar-refractivity contribution in [2.75, 3.05) is 18.6 Å². The first kappa shape index (κ1) is 33.4. The molecule has 0 aliphatic carbocycles. The lowest BCUT2D eigenvalue weighted by Crippen LogP contribution is -2.57. The van der Waals surface area contributed by atoms with Crippen molar-refractivity contribution in [3.63, 3.8) is 0 Å². The minimum Gasteiger partial charge on any atom is -0.481 e. The molecule has 3 amide bonds. The van der Waals surface area contributed by atoms with Crippen LogP contribution in [0.2, 0.25) is 0 Å². The van der Waals surface area contributed by atoms with Crippen molar-refractivity contribution in [3.05, 3.63) is 0 Å². The lowest BCUT2D eigenvalue weighted by Gasteiger charge is -2.24. The first-order valence-corrected chi connectivity index (χ1v) is 12.5. The molecular formula is C20H35N7O9S. The van der Waals surface area contributed by atoms with Crippen LogP contribution < -0.4 is 33.2 Å². The maximum absolute atomic E-state index is 12.8. The summed E-state index contributed by atoms with van der Waals surface area (Å²) in [6.45, 7) is 0.0846. The third-order valence-electron chi connectivity index (χ3n) is 4.82. The van der Waals surface area contributed by atoms with Crippen LogP contribution in [0, 0.1) is 0 Å². The monoisotopic (exact) mass is 549 g/mol. The fraction of sp³-hybridized carbons (Fsp3) is 0.650. The van der Waals surface area contributed by atoms with Crippen molar-refractivity contribution < 1.29 is 44.1 Å². The van der Waals surface area contributed by atoms with Gasteiger partial charge in [-0.2, -0.15) is 11.8 Å². The van der Waals surface area contributed by atoms with E-state index in [-0.39, 0.29) is 38.2 Å². The van der Waals surface area contributed by atoms with E-state index in [9.17, 15) is 39.0 Å². The van der Waals surface area contributed by atoms with E-state index in [0.29, 0.717) is 5.75 Å². The number of aliphatic imine (C=N–C) groups is 1. The number of hydrogen-bond donors (Lipinski definition) is 9. The topological polar surface area (TPSA) is 290 Å². The number of hydrogen-bond acceptors (Lipinski definition) is 9. The van der Waals surface area contributed by atoms with Gasteiger partial charge in [0, 0.05) is 13.0 Å². The number of carbonyl (C=O) groups is 6. The Morgan fingerprint density at radius 1 is 0.811 bits per heavy atom. The van der Waals surface area contributed by atoms with Gasteiger partial charge in [-0.25, -0.2) is 4.79 Å². The SMILES string of the molecule is CSCCC(N)C(=O)NC(CCC(=O)O)C(=O)NC(CC(=O)O)C(=O)NC(CCCN=C(N)N)C(=O)O. The highest BCUT2D eigenvalue weighted by Crippen LogP contribution is 2.05. The molecule has 4 unspecified atom stereocenters. The van der Waals surface area contributed by atoms with Crippen molar-refractivity contribution in [2.24, 2.45) is 22.2 Å². The quantitative estimate of drug-likeness (QED) is 0.0441. The zero-order valence-corrected chi connectivity index (χ0v) is 21.2. The van der Waals surface area contributed by atoms with Gasteiger partial charge in [-0.1, -0.05) is 0 Å². The van der Waals surface area contributed by atoms with Crippen LogP contribution in [0.5, 0.6) is 0 Å². The molecule has 0 saturated carbocycles. The lowest BCUT2D eigenvalue weighted by molar-refractivity contribution is -0.143. The molecule has 37 heavy (non-hydrogen) atoms. The molecular weight excluding hydrogens is 514 g/mol. The van der Waals surface area contributed by atoms with E-state index in [1.165, 1.54) is 11.8 Å². The van der Waals surface area contributed by atoms with Crippen LogP contribution in [-0.4, -0.2) is 99.6 Å². The molecule has 17 heteroatoms. The fourth-order valence-electron chi connectivity index (χ4n) is 2.88. The minimum absolute atomic E-state index is 0.0846. The van der Waals surface area contributed by atoms with E-state index in [1.54, 1.807) is 6.26 Å². The van der Waals surface area contributed by atoms with E-state index in [2.05, 4.69) is 20.9 Å². The summed E-state index contributed by atoms with van der Waals surface area (Å²) in [5, 5.41) is 34.2. The van der Waals surface area contributed by atoms with Gasteiger partial charge in [-0.3, -0.25) is 29.0 Å². The minimum atomic E-state index is -1.72. The first-order chi connectivity index (χ1) is 17.3. The van der Waals surface area contributed by atoms with Crippen molar-refractivity contribution in [3.8, 4) is 0 Å². The van der Waals surface area contributed by atoms with E-state index in [0.717, 1.165) is 0 Å². The average molecular weight is 550 g/mol. The van der Waals surface area contributed by atoms with E-state index < -0.39 is 72.6 Å². The second kappa shape index (κ2) is 17.8. The van der Waals surface area contributed by atoms with Crippen LogP contribution >= 0.6 is 11.8 Å². The van der Waals surface area contributed by atoms with Gasteiger partial charge in [0.15, 0.2) is 5.96 Å². The number of guanidine groups is 1. The molecule has 0 aromatic heterocycles. The standard InChI is InChI=1S/C20H35N7O9S/c1-37-8-6-10(21)16(32)25-11(4-5-14(28)29)17(33)27-13(9-15(30)31)18(34)26-12(19(35)36)3-2-7-24-20(22)23/h10-13H,2-9,21H2,1H3,(H,25,32)(H,26,34)(H,27,33)(H,28,29)(H,30,31)(H,35,36)(H4,22,23,24). The Bertz CT molecular complexity index is 852. The van der Waals surface area contributed by atoms with Crippen LogP contribution in [0.3, 0.4) is 0 Å². The number of rotatable bonds is 19. The molecule has 210 valence electrons. The van der Waals surface area contributed by atoms with Crippen molar-refractivity contribution in [1.82, 2.24) is 16.0 Å². The molecule has 0 aliphatic rings. The van der Waals surface area contributed by atoms with Gasteiger partial charge >= 0.3 is 17.9 Å². The normalized spacial score (nSPS) is 13.8. The number of carboxylic acid groups (broad SMARTS) is 3. The van der Waals surface area contributed by atoms with Crippen molar-refractivity contribution in [2.45, 2.75) is 62.7 Å². The third-order valence-corrected chi connectivity index (χ3v) is 5.47. The van der Waals surface area contributed by atoms with Crippen LogP contribution in [0.15, 0.2) is 4.99 Å². The largest absolute Gasteiger partial charge is 0.481 e. The summed E-state index contributed by atoms with van der Waals surface area (Å²) in [6, 6.07) is -5.59. The Labute approximate surface area is 217 Å². The molecule has 4 atom stereocenters. The Kier molecular flexibility index (Phi) is 16.0. The maximum atomic E-state index is 12.8. The number of nitrogens with zero attached hydrogens (tertiary/aromatic N) is 1. The zero-order valence-electron chi connectivity index (χ0n) is 20.3. The van der Waals surface area contributed by atoms with Gasteiger partial charge in [0.1, 0.15) is 18.1 Å². The molecule has 0 spiro atoms. The second-order valence-corrected chi connectivity index (χ2v) is 8.87. The number of thioether (sulfide) groups is 1. The highest BCUT2D eigenvalue weighted by molar-refractivity contribution is 7.98. The molecule has 0 rings (SSSR count). The lowest BCUT2D eigenvalue weighted by atomic mass is 10.1. The molecule has 0 fully saturated rings. The number of aliphatic carboxylic acids is 3. The van der Waals surface area contributed by atoms with Crippen LogP contribution in [0.4, 0.5) is 0 Å². The van der Waals surface area contributed by atoms with Gasteiger partial charge in [0.05, 0.1) is 12.5 Å². The summed E-state index contributed by atoms with van der Waals surface area (Å²) in [7, 11) is 0. The molecule has 0 heterocycles. The zero-order chi connectivity index (χ0) is 28.5. The first-order valence-electron chi connectivity index (χ1n) is 11.2. The Morgan fingerprint density at radius 2 is 1.38 bits per heavy atom. The highest BCUT2D eigenvalue weighted by Gasteiger charge is 2.31. The molecule has 0 radical (unpaired) electrons. The van der Waals surface area contributed by atoms with Crippen LogP contribution in [0.1, 0.15) is 38.5 Å². The molecule has 0 aliphatic heterocycles. The molecule has 16 nitrogen and oxygen atoms in total. The average Bonchev–Trinajstić information content (AvgIpc) is 2.80. The molecule has 0 saturated heterocycles. The van der Waals surface area contributed by atoms with Crippen molar-refractivity contribution in [1.29, 1.82) is 0 Å². The smallest absolute Gasteiger partial charge is 0.326 e. The third kappa shape index (κ3) is 15.2. The summed E-state index contributed by atoms with van der Waals surface area (Å²) in [4.78, 5) is 75.4. The Hall–Kier alpha value is -3.60. The van der Waals surface area contributed by atoms with Crippen molar-refractivity contribution >= 4 is 53.4 Å². The summed E-state index contributed by atoms with van der Waals surface area (Å²) >= 11 is 1.44. The summed E-state index contributed by atoms with van der Waals surface area (Å²) in [5.74, 6) is -6.67. The number of nitrogens with one attached hydrogen (secondary N) is 3. The molecule has 0 aromatic rings. The molecule has 0 aromatic carbocycles. The maximum Gasteiger partial charge on any atom is 0.326 e. The second-order valence-electron chi connectivity index (χ2n) is 7.89. The molecule has 0 bridgehead atoms. The van der Waals surface area contributed by atoms with Crippen LogP contribution in [0.25, 0.3) is 0 Å². The predicted molar refractivity (Wildman–Crippen MR) is 133 cm³/mol. The van der Waals surface area contributed by atoms with E-state index in [4.69, 9.17) is 22.3 Å². The molecule has 12 N–H and O–H groups in total. The summed E-state index contributed by atoms with van der Waals surface area (Å²) in [5.41, 5.74) is 16.2. The number of nitrogens with two attached hydrogens (primary N) is 3. The van der Waals surface area contributed by atoms with Gasteiger partial charge < -0.3 is 48.5 Å². The van der Waals surface area contributed by atoms with E-state index >= 15 is 0 Å². The van der Waals surface area contributed by atoms with E-state index in [1.807, 2.05) is 0 Å². The van der Waals surface area contributed by atoms with Crippen LogP contribution in [-0.2, 0) is 28.8 Å². The fourth-order valence-corrected chi connectivity index (χ4v) is 3.37. The summed E-state index contributed by atoms with van der Waals surface area (Å²) < 4.78 is 0.